The lowest BCUT2D eigenvalue weighted by atomic mass is 9.86. The molecule has 0 amide bonds. The smallest absolute Gasteiger partial charge is 0.138 e. The van der Waals surface area contributed by atoms with Gasteiger partial charge < -0.3 is 0 Å². The van der Waals surface area contributed by atoms with Crippen molar-refractivity contribution in [2.45, 2.75) is 19.3 Å². The quantitative estimate of drug-likeness (QED) is 0.649. The molecule has 1 aliphatic carbocycles. The van der Waals surface area contributed by atoms with Crippen LogP contribution in [0.5, 0.6) is 0 Å². The molecule has 0 N–H and O–H groups in total. The number of rotatable bonds is 0. The summed E-state index contributed by atoms with van der Waals surface area (Å²) in [4.78, 5) is 4.32. The molecule has 0 radical (unpaired) electrons. The zero-order valence-corrected chi connectivity index (χ0v) is 8.73. The second-order valence-electron chi connectivity index (χ2n) is 4.33. The van der Waals surface area contributed by atoms with E-state index < -0.39 is 0 Å². The van der Waals surface area contributed by atoms with Gasteiger partial charge in [-0.05, 0) is 19.4 Å². The summed E-state index contributed by atoms with van der Waals surface area (Å²) in [6, 6.07) is 8.32. The molecule has 1 aliphatic rings. The number of hydrogen-bond acceptors (Lipinski definition) is 3. The Labute approximate surface area is 88.2 Å². The lowest BCUT2D eigenvalue weighted by Gasteiger charge is -2.18. The number of nitrogens with zero attached hydrogens (tertiary/aromatic N) is 3. The van der Waals surface area contributed by atoms with Crippen LogP contribution in [0.2, 0.25) is 0 Å². The largest absolute Gasteiger partial charge is 0.232 e. The Hall–Kier alpha value is -1.77. The van der Waals surface area contributed by atoms with E-state index in [1.165, 1.54) is 17.5 Å². The van der Waals surface area contributed by atoms with Crippen molar-refractivity contribution in [3.8, 4) is 11.3 Å². The van der Waals surface area contributed by atoms with Crippen LogP contribution in [0.25, 0.3) is 11.3 Å². The molecule has 3 nitrogen and oxygen atoms in total. The minimum atomic E-state index is -0.0762. The van der Waals surface area contributed by atoms with Crippen LogP contribution in [0.1, 0.15) is 25.1 Å². The van der Waals surface area contributed by atoms with Crippen molar-refractivity contribution in [2.75, 3.05) is 0 Å². The van der Waals surface area contributed by atoms with Crippen LogP contribution in [0, 0.1) is 0 Å². The van der Waals surface area contributed by atoms with Gasteiger partial charge in [-0.1, -0.05) is 24.3 Å². The third-order valence-corrected chi connectivity index (χ3v) is 3.07. The zero-order valence-electron chi connectivity index (χ0n) is 8.73. The van der Waals surface area contributed by atoms with Crippen molar-refractivity contribution in [1.82, 2.24) is 15.2 Å². The maximum Gasteiger partial charge on any atom is 0.138 e. The predicted molar refractivity (Wildman–Crippen MR) is 57.4 cm³/mol. The standard InChI is InChI=1S/C12H11N3/c1-12(2)9-6-4-3-5-8(9)10-11(12)15-14-7-13-10/h3-7H,1-2H3. The Morgan fingerprint density at radius 3 is 2.80 bits per heavy atom. The molecule has 1 aromatic carbocycles. The van der Waals surface area contributed by atoms with Crippen molar-refractivity contribution in [1.29, 1.82) is 0 Å². The average Bonchev–Trinajstić information content (AvgIpc) is 2.51. The molecule has 0 spiro atoms. The molecule has 0 fully saturated rings. The number of aromatic nitrogens is 3. The highest BCUT2D eigenvalue weighted by atomic mass is 15.1. The Bertz CT molecular complexity index is 484. The molecule has 3 rings (SSSR count). The van der Waals surface area contributed by atoms with E-state index in [2.05, 4.69) is 47.2 Å². The van der Waals surface area contributed by atoms with E-state index in [0.29, 0.717) is 0 Å². The Morgan fingerprint density at radius 2 is 1.93 bits per heavy atom. The number of hydrogen-bond donors (Lipinski definition) is 0. The first-order valence-electron chi connectivity index (χ1n) is 4.99. The summed E-state index contributed by atoms with van der Waals surface area (Å²) in [5.41, 5.74) is 4.35. The van der Waals surface area contributed by atoms with Gasteiger partial charge in [0.1, 0.15) is 6.33 Å². The first-order valence-corrected chi connectivity index (χ1v) is 4.99. The van der Waals surface area contributed by atoms with Gasteiger partial charge in [0.25, 0.3) is 0 Å². The van der Waals surface area contributed by atoms with E-state index in [1.807, 2.05) is 6.07 Å². The number of benzene rings is 1. The molecule has 74 valence electrons. The van der Waals surface area contributed by atoms with Crippen LogP contribution in [-0.4, -0.2) is 15.2 Å². The molecule has 0 saturated heterocycles. The van der Waals surface area contributed by atoms with E-state index in [1.54, 1.807) is 0 Å². The summed E-state index contributed by atoms with van der Waals surface area (Å²) in [6.07, 6.45) is 1.51. The fraction of sp³-hybridized carbons (Fsp3) is 0.250. The van der Waals surface area contributed by atoms with Gasteiger partial charge in [0.05, 0.1) is 11.4 Å². The molecule has 0 aliphatic heterocycles. The Kier molecular flexibility index (Phi) is 1.49. The third-order valence-electron chi connectivity index (χ3n) is 3.07. The Balaban J connectivity index is 2.42. The maximum atomic E-state index is 4.32. The first kappa shape index (κ1) is 8.53. The topological polar surface area (TPSA) is 38.7 Å². The molecule has 0 unspecified atom stereocenters. The molecule has 2 aromatic rings. The highest BCUT2D eigenvalue weighted by Crippen LogP contribution is 2.45. The van der Waals surface area contributed by atoms with E-state index in [-0.39, 0.29) is 5.41 Å². The van der Waals surface area contributed by atoms with Crippen LogP contribution in [0.3, 0.4) is 0 Å². The van der Waals surface area contributed by atoms with E-state index >= 15 is 0 Å². The van der Waals surface area contributed by atoms with Gasteiger partial charge in [-0.2, -0.15) is 5.10 Å². The molecule has 0 atom stereocenters. The summed E-state index contributed by atoms with van der Waals surface area (Å²) in [5.74, 6) is 0. The van der Waals surface area contributed by atoms with E-state index in [0.717, 1.165) is 11.4 Å². The van der Waals surface area contributed by atoms with Crippen molar-refractivity contribution in [3.63, 3.8) is 0 Å². The van der Waals surface area contributed by atoms with Gasteiger partial charge >= 0.3 is 0 Å². The van der Waals surface area contributed by atoms with Gasteiger partial charge in [0.2, 0.25) is 0 Å². The normalized spacial score (nSPS) is 15.9. The summed E-state index contributed by atoms with van der Waals surface area (Å²) in [7, 11) is 0. The molecule has 0 saturated carbocycles. The average molecular weight is 197 g/mol. The molecular formula is C12H11N3. The van der Waals surface area contributed by atoms with Crippen LogP contribution in [0.15, 0.2) is 30.6 Å². The fourth-order valence-electron chi connectivity index (χ4n) is 2.26. The van der Waals surface area contributed by atoms with Gasteiger partial charge in [0.15, 0.2) is 0 Å². The van der Waals surface area contributed by atoms with Crippen LogP contribution < -0.4 is 0 Å². The fourth-order valence-corrected chi connectivity index (χ4v) is 2.26. The lowest BCUT2D eigenvalue weighted by Crippen LogP contribution is -2.17. The SMILES string of the molecule is CC1(C)c2ccccc2-c2ncnnc21. The molecule has 15 heavy (non-hydrogen) atoms. The predicted octanol–water partition coefficient (Wildman–Crippen LogP) is 2.18. The van der Waals surface area contributed by atoms with Crippen LogP contribution in [0.4, 0.5) is 0 Å². The van der Waals surface area contributed by atoms with Gasteiger partial charge in [-0.25, -0.2) is 4.98 Å². The second kappa shape index (κ2) is 2.63. The first-order chi connectivity index (χ1) is 7.21. The molecule has 3 heteroatoms. The highest BCUT2D eigenvalue weighted by molar-refractivity contribution is 5.75. The molecular weight excluding hydrogens is 186 g/mol. The van der Waals surface area contributed by atoms with Crippen LogP contribution in [-0.2, 0) is 5.41 Å². The van der Waals surface area contributed by atoms with Crippen molar-refractivity contribution in [3.05, 3.63) is 41.9 Å². The van der Waals surface area contributed by atoms with Crippen molar-refractivity contribution in [2.24, 2.45) is 0 Å². The van der Waals surface area contributed by atoms with Crippen LogP contribution >= 0.6 is 0 Å². The number of fused-ring (bicyclic) bond motifs is 3. The Morgan fingerprint density at radius 1 is 1.13 bits per heavy atom. The zero-order chi connectivity index (χ0) is 10.5. The highest BCUT2D eigenvalue weighted by Gasteiger charge is 2.37. The maximum absolute atomic E-state index is 4.32. The summed E-state index contributed by atoms with van der Waals surface area (Å²) in [5, 5.41) is 8.09. The van der Waals surface area contributed by atoms with Gasteiger partial charge in [-0.15, -0.1) is 5.10 Å². The molecule has 0 bridgehead atoms. The minimum Gasteiger partial charge on any atom is -0.232 e. The van der Waals surface area contributed by atoms with E-state index in [4.69, 9.17) is 0 Å². The summed E-state index contributed by atoms with van der Waals surface area (Å²) >= 11 is 0. The molecule has 1 heterocycles. The van der Waals surface area contributed by atoms with Gasteiger partial charge in [-0.3, -0.25) is 0 Å². The van der Waals surface area contributed by atoms with Gasteiger partial charge in [0, 0.05) is 11.0 Å². The monoisotopic (exact) mass is 197 g/mol. The summed E-state index contributed by atoms with van der Waals surface area (Å²) < 4.78 is 0. The minimum absolute atomic E-state index is 0.0762. The van der Waals surface area contributed by atoms with Crippen molar-refractivity contribution < 1.29 is 0 Å². The van der Waals surface area contributed by atoms with E-state index in [9.17, 15) is 0 Å². The second-order valence-corrected chi connectivity index (χ2v) is 4.33. The van der Waals surface area contributed by atoms with Crippen molar-refractivity contribution >= 4 is 0 Å². The summed E-state index contributed by atoms with van der Waals surface area (Å²) in [6.45, 7) is 4.32. The molecule has 1 aromatic heterocycles. The third kappa shape index (κ3) is 0.975. The lowest BCUT2D eigenvalue weighted by molar-refractivity contribution is 0.620.